The average molecular weight is 2030 g/mol. The Morgan fingerprint density at radius 2 is 0.669 bits per heavy atom. The maximum Gasteiger partial charge on any atom is 0.395 e. The number of H-pyrrole nitrogens is 1. The van der Waals surface area contributed by atoms with Crippen LogP contribution in [0.4, 0.5) is 126 Å². The van der Waals surface area contributed by atoms with Gasteiger partial charge in [0, 0.05) is 105 Å². The van der Waals surface area contributed by atoms with Gasteiger partial charge in [0.25, 0.3) is 0 Å². The number of anilines is 12. The second-order valence-corrected chi connectivity index (χ2v) is 41.4. The zero-order valence-corrected chi connectivity index (χ0v) is 78.5. The van der Waals surface area contributed by atoms with Gasteiger partial charge < -0.3 is 40.9 Å². The Morgan fingerprint density at radius 1 is 0.360 bits per heavy atom. The van der Waals surface area contributed by atoms with Crippen LogP contribution in [0.2, 0.25) is 0 Å². The predicted octanol–water partition coefficient (Wildman–Crippen LogP) is 20.2. The molecule has 0 bridgehead atoms. The summed E-state index contributed by atoms with van der Waals surface area (Å²) >= 11 is 7.63. The maximum absolute atomic E-state index is 14.9. The van der Waals surface area contributed by atoms with Crippen molar-refractivity contribution in [2.24, 2.45) is 29.6 Å². The van der Waals surface area contributed by atoms with Crippen molar-refractivity contribution in [3.05, 3.63) is 187 Å². The molecule has 0 radical (unpaired) electrons. The number of aromatic nitrogens is 16. The first-order chi connectivity index (χ1) is 66.5. The van der Waals surface area contributed by atoms with E-state index in [1.54, 1.807) is 109 Å². The van der Waals surface area contributed by atoms with Crippen molar-refractivity contribution in [2.75, 3.05) is 93.2 Å². The van der Waals surface area contributed by atoms with Crippen LogP contribution in [-0.2, 0) is 44.9 Å². The van der Waals surface area contributed by atoms with Crippen LogP contribution in [0, 0.1) is 29.6 Å². The molecule has 5 aliphatic carbocycles. The molecule has 47 heteroatoms. The lowest BCUT2D eigenvalue weighted by Gasteiger charge is -2.45. The summed E-state index contributed by atoms with van der Waals surface area (Å²) in [6.45, 7) is 2.48. The minimum absolute atomic E-state index is 0.128. The molecular weight excluding hydrogens is 1940 g/mol. The van der Waals surface area contributed by atoms with E-state index >= 15 is 0 Å². The number of rotatable bonds is 36. The number of carbonyl (C=O) groups is 4. The van der Waals surface area contributed by atoms with E-state index in [1.807, 2.05) is 56.0 Å². The first kappa shape index (κ1) is 97.4. The number of ketones is 4. The van der Waals surface area contributed by atoms with Gasteiger partial charge in [-0.25, -0.2) is 77.5 Å². The van der Waals surface area contributed by atoms with Crippen LogP contribution in [0.1, 0.15) is 106 Å². The van der Waals surface area contributed by atoms with Crippen molar-refractivity contribution in [3.63, 3.8) is 0 Å². The summed E-state index contributed by atoms with van der Waals surface area (Å²) in [7, 11) is 0. The number of aromatic amines is 1. The molecule has 4 saturated heterocycles. The van der Waals surface area contributed by atoms with Crippen LogP contribution in [0.5, 0.6) is 0 Å². The Bertz CT molecular complexity index is 6110. The van der Waals surface area contributed by atoms with Gasteiger partial charge in [0.2, 0.25) is 16.2 Å². The minimum Gasteiger partial charge on any atom is -0.350 e. The lowest BCUT2D eigenvalue weighted by Crippen LogP contribution is -2.60. The highest BCUT2D eigenvalue weighted by atomic mass is 32.2. The summed E-state index contributed by atoms with van der Waals surface area (Å²) < 4.78 is 179. The van der Waals surface area contributed by atoms with E-state index in [-0.39, 0.29) is 75.0 Å². The van der Waals surface area contributed by atoms with Gasteiger partial charge >= 0.3 is 18.5 Å². The molecule has 8 aromatic heterocycles. The number of hydrogen-bond donors (Lipinski definition) is 5. The number of nitrogens with zero attached hydrogens (tertiary/aromatic N) is 19. The summed E-state index contributed by atoms with van der Waals surface area (Å²) in [4.78, 5) is 111. The molecule has 5 N–H and O–H groups in total. The van der Waals surface area contributed by atoms with Crippen molar-refractivity contribution in [1.29, 1.82) is 0 Å². The van der Waals surface area contributed by atoms with Crippen molar-refractivity contribution in [1.82, 2.24) is 78.8 Å². The Kier molecular flexibility index (Phi) is 28.8. The van der Waals surface area contributed by atoms with Crippen molar-refractivity contribution in [2.45, 2.75) is 191 Å². The van der Waals surface area contributed by atoms with Gasteiger partial charge in [-0.05, 0) is 218 Å². The largest absolute Gasteiger partial charge is 0.395 e. The Hall–Kier alpha value is -11.8. The molecule has 21 rings (SSSR count). The smallest absolute Gasteiger partial charge is 0.350 e. The second-order valence-electron chi connectivity index (χ2n) is 35.7. The zero-order valence-electron chi connectivity index (χ0n) is 73.6. The summed E-state index contributed by atoms with van der Waals surface area (Å²) in [5, 5.41) is 21.9. The third kappa shape index (κ3) is 27.3. The fraction of sp³-hybridized carbons (Fsp3) is 0.402. The molecule has 0 unspecified atom stereocenters. The van der Waals surface area contributed by atoms with E-state index in [0.717, 1.165) is 89.4 Å². The Balaban J connectivity index is 0.000000123. The molecule has 4 aromatic carbocycles. The Labute approximate surface area is 812 Å². The van der Waals surface area contributed by atoms with Crippen molar-refractivity contribution >= 4 is 162 Å². The highest BCUT2D eigenvalue weighted by Gasteiger charge is 2.58. The number of halogens is 13. The van der Waals surface area contributed by atoms with Crippen LogP contribution >= 0.6 is 70.1 Å². The number of Topliss-reactive ketones (excluding diaryl/α,β-unsaturated/α-hetero) is 4. The highest BCUT2D eigenvalue weighted by molar-refractivity contribution is 8.00. The quantitative estimate of drug-likeness (QED) is 0.0180. The van der Waals surface area contributed by atoms with Gasteiger partial charge in [-0.1, -0.05) is 54.6 Å². The predicted molar refractivity (Wildman–Crippen MR) is 499 cm³/mol. The van der Waals surface area contributed by atoms with Crippen molar-refractivity contribution in [3.8, 4) is 0 Å². The maximum atomic E-state index is 14.9. The van der Waals surface area contributed by atoms with E-state index in [9.17, 15) is 76.3 Å². The topological polar surface area (TPSA) is 338 Å². The molecule has 12 heterocycles. The van der Waals surface area contributed by atoms with Crippen LogP contribution in [0.25, 0.3) is 0 Å². The Morgan fingerprint density at radius 3 is 0.935 bits per heavy atom. The number of benzene rings is 4. The lowest BCUT2D eigenvalue weighted by atomic mass is 9.91. The summed E-state index contributed by atoms with van der Waals surface area (Å²) in [5.74, 6) is 4.10. The number of carbonyl (C=O) groups excluding carboxylic acids is 4. The number of pyridine rings is 1. The average Bonchev–Trinajstić information content (AvgIpc) is 1.65. The molecule has 0 spiro atoms. The zero-order chi connectivity index (χ0) is 97.0. The fourth-order valence-corrected chi connectivity index (χ4v) is 20.2. The van der Waals surface area contributed by atoms with E-state index in [1.165, 1.54) is 89.1 Å². The molecular formula is C92H87F13N24O4S6. The van der Waals surface area contributed by atoms with E-state index in [0.29, 0.717) is 144 Å². The van der Waals surface area contributed by atoms with Gasteiger partial charge in [0.05, 0.1) is 52.4 Å². The lowest BCUT2D eigenvalue weighted by molar-refractivity contribution is -0.153. The van der Waals surface area contributed by atoms with E-state index in [4.69, 9.17) is 4.98 Å². The van der Waals surface area contributed by atoms with E-state index < -0.39 is 77.8 Å². The van der Waals surface area contributed by atoms with Gasteiger partial charge in [-0.15, -0.1) is 0 Å². The van der Waals surface area contributed by atoms with E-state index in [2.05, 4.69) is 95.0 Å². The summed E-state index contributed by atoms with van der Waals surface area (Å²) in [6, 6.07) is 40.4. The molecule has 0 amide bonds. The summed E-state index contributed by atoms with van der Waals surface area (Å²) in [6.07, 6.45) is -2.67. The van der Waals surface area contributed by atoms with Gasteiger partial charge in [-0.3, -0.25) is 19.2 Å². The van der Waals surface area contributed by atoms with Crippen LogP contribution in [0.15, 0.2) is 205 Å². The molecule has 726 valence electrons. The number of alkyl halides is 13. The first-order valence-electron chi connectivity index (χ1n) is 44.5. The van der Waals surface area contributed by atoms with Gasteiger partial charge in [0.1, 0.15) is 136 Å². The molecule has 139 heavy (non-hydrogen) atoms. The number of nitrogens with one attached hydrogen (secondary N) is 5. The molecule has 12 aromatic rings. The molecule has 4 aliphatic heterocycles. The highest BCUT2D eigenvalue weighted by Crippen LogP contribution is 2.53. The monoisotopic (exact) mass is 2030 g/mol. The third-order valence-electron chi connectivity index (χ3n) is 24.0. The third-order valence-corrected chi connectivity index (χ3v) is 28.7. The molecule has 5 saturated carbocycles. The first-order valence-corrected chi connectivity index (χ1v) is 49.4. The fourth-order valence-electron chi connectivity index (χ4n) is 16.2. The SMILES string of the molecule is O=C(Cc1ccc(Sc2nc(Nc3ccccn3)cc(N3CC(F)(C4CC4)C3)n2)cc1)CC(F)(F)F.O=C(Cc1ccc(Sc2nc(Nc3ncn[nH]3)cc(N3CC(F)(C4CC4)C3)n2)cc1)CC(F)(F)F.O=C(Cc1ccc(Sc2nc(Nc3ncns3)cc(N3CC(F)(C4CC4)C3)n2)cc1)C1CC1.O=C(Cc1ccc(Sc2nc(Nc3ncns3)cc(N3CC(F)(C4CC4)C3)n2)cc1)CC(F)(F)F. The van der Waals surface area contributed by atoms with Crippen LogP contribution in [-0.4, -0.2) is 195 Å². The summed E-state index contributed by atoms with van der Waals surface area (Å²) in [5.41, 5.74) is -2.06. The van der Waals surface area contributed by atoms with Crippen molar-refractivity contribution < 1.29 is 76.3 Å². The van der Waals surface area contributed by atoms with Crippen LogP contribution in [0.3, 0.4) is 0 Å². The second kappa shape index (κ2) is 41.2. The van der Waals surface area contributed by atoms with Crippen LogP contribution < -0.4 is 40.9 Å². The minimum atomic E-state index is -4.51. The molecule has 0 atom stereocenters. The molecule has 9 aliphatic rings. The molecule has 9 fully saturated rings. The van der Waals surface area contributed by atoms with Gasteiger partial charge in [0.15, 0.2) is 20.6 Å². The number of hydrogen-bond acceptors (Lipinski definition) is 33. The van der Waals surface area contributed by atoms with Gasteiger partial charge in [-0.2, -0.15) is 58.3 Å². The molecule has 28 nitrogen and oxygen atoms in total. The standard InChI is InChI=1S/C25H23F4N5OS.C23H23FN6OS2.C22H21F4N7OS.C22H20F4N6OS2/c26-24(17-6-7-17)14-34(15-24)22-12-21(31-20-3-1-2-10-30-20)32-23(33-22)36-19-8-4-16(5-9-19)11-18(35)13-25(27,28)29;24-23(16-5-6-16)11-30(12-23)20-10-19(27-21-25-13-26-33-21)28-22(29-20)32-17-7-1-14(2-8-17)9-18(31)15-3-4-15;23-21(14-3-4-14)10-33(11-21)18-8-17(29-19-27-12-28-32-19)30-20(31-18)35-16-5-1-13(2-6-16)7-15(34)9-22(24,25)26;23-21(14-3-4-14)10-32(11-21)18-8-17(29-19-27-12-28-35-19)30-20(31-18)34-16-5-1-13(2-6-16)7-15(33)9-22(24,25)26/h1-5,8-10,12,17H,6-7,11,13-15H2,(H,30,31,32,33);1-2,7-8,10,13,15-16H,3-6,9,11-12H2,(H,25,26,27,28,29);1-2,5-6,8,12,14H,3-4,7,9-11H2,(H2,27,28,29,30,31,32);1-2,5-6,8,12,14H,3-4,7,9-11H2,(H,27,28,29,30,31). The normalized spacial score (nSPS) is 17.6.